The van der Waals surface area contributed by atoms with Crippen LogP contribution in [0.25, 0.3) is 100 Å². The lowest BCUT2D eigenvalue weighted by atomic mass is 9.69. The van der Waals surface area contributed by atoms with Crippen LogP contribution in [0.1, 0.15) is 22.3 Å². The van der Waals surface area contributed by atoms with Gasteiger partial charge in [-0.3, -0.25) is 0 Å². The van der Waals surface area contributed by atoms with Gasteiger partial charge in [-0.15, -0.1) is 0 Å². The average Bonchev–Trinajstić information content (AvgIpc) is 3.96. The van der Waals surface area contributed by atoms with Crippen LogP contribution >= 0.6 is 0 Å². The summed E-state index contributed by atoms with van der Waals surface area (Å²) in [4.78, 5) is 16.0. The van der Waals surface area contributed by atoms with Crippen molar-refractivity contribution in [2.75, 3.05) is 0 Å². The number of aromatic nitrogens is 3. The zero-order valence-corrected chi connectivity index (χ0v) is 32.3. The molecular weight excluding hydrogens is 731 g/mol. The molecule has 3 aromatic heterocycles. The van der Waals surface area contributed by atoms with Gasteiger partial charge in [0.2, 0.25) is 0 Å². The highest BCUT2D eigenvalue weighted by molar-refractivity contribution is 6.10. The van der Waals surface area contributed by atoms with Crippen molar-refractivity contribution in [1.29, 1.82) is 0 Å². The molecule has 0 aliphatic heterocycles. The normalized spacial score (nSPS) is 13.1. The van der Waals surface area contributed by atoms with Gasteiger partial charge in [0.1, 0.15) is 11.2 Å². The van der Waals surface area contributed by atoms with E-state index in [1.807, 2.05) is 36.4 Å². The van der Waals surface area contributed by atoms with Crippen molar-refractivity contribution in [3.63, 3.8) is 0 Å². The van der Waals surface area contributed by atoms with E-state index in [1.165, 1.54) is 44.3 Å². The first-order chi connectivity index (χ1) is 29.8. The summed E-state index contributed by atoms with van der Waals surface area (Å²) in [5.74, 6) is 0.661. The number of hydrogen-bond acceptors (Lipinski definition) is 4. The molecule has 0 radical (unpaired) electrons. The van der Waals surface area contributed by atoms with Gasteiger partial charge in [0, 0.05) is 49.5 Å². The predicted molar refractivity (Wildman–Crippen MR) is 243 cm³/mol. The van der Waals surface area contributed by atoms with E-state index in [0.717, 1.165) is 72.4 Å². The summed E-state index contributed by atoms with van der Waals surface area (Å²) in [6.45, 7) is 0. The van der Waals surface area contributed by atoms with Crippen LogP contribution in [-0.2, 0) is 5.41 Å². The van der Waals surface area contributed by atoms with Crippen molar-refractivity contribution in [2.45, 2.75) is 5.41 Å². The highest BCUT2D eigenvalue weighted by Crippen LogP contribution is 2.64. The first-order valence-corrected chi connectivity index (χ1v) is 20.4. The lowest BCUT2D eigenvalue weighted by Crippen LogP contribution is -2.26. The molecule has 0 atom stereocenters. The fourth-order valence-electron chi connectivity index (χ4n) is 10.2. The molecular formula is C56H33N3O. The standard InChI is InChI=1S/C56H33N3O/c1-2-15-36(16-3-1)55-57-48(33-49(58-55)44-24-14-23-42-39-19-9-13-28-50(39)60-54(42)44)34-29-31-35(32-30-34)52-41-21-5-4-20-40(41)51-53(59-52)43-22-8-12-27-47(43)56(51)45-25-10-6-17-37(45)38-18-7-11-26-46(38)56/h1-33H. The molecule has 3 heterocycles. The van der Waals surface area contributed by atoms with Crippen molar-refractivity contribution in [3.05, 3.63) is 222 Å². The molecule has 0 N–H and O–H groups in total. The summed E-state index contributed by atoms with van der Waals surface area (Å²) in [6.07, 6.45) is 0. The molecule has 11 aromatic rings. The zero-order valence-electron chi connectivity index (χ0n) is 32.3. The minimum absolute atomic E-state index is 0.470. The lowest BCUT2D eigenvalue weighted by Gasteiger charge is -2.31. The number of benzene rings is 8. The Hall–Kier alpha value is -7.95. The maximum atomic E-state index is 6.48. The Morgan fingerprint density at radius 3 is 1.65 bits per heavy atom. The Balaban J connectivity index is 0.989. The van der Waals surface area contributed by atoms with Gasteiger partial charge >= 0.3 is 0 Å². The third-order valence-electron chi connectivity index (χ3n) is 12.7. The van der Waals surface area contributed by atoms with Crippen LogP contribution in [-0.4, -0.2) is 15.0 Å². The van der Waals surface area contributed by atoms with Crippen molar-refractivity contribution >= 4 is 32.7 Å². The second-order valence-electron chi connectivity index (χ2n) is 15.8. The first-order valence-electron chi connectivity index (χ1n) is 20.4. The van der Waals surface area contributed by atoms with E-state index in [0.29, 0.717) is 5.82 Å². The van der Waals surface area contributed by atoms with Gasteiger partial charge in [0.25, 0.3) is 0 Å². The number of nitrogens with zero attached hydrogens (tertiary/aromatic N) is 3. The summed E-state index contributed by atoms with van der Waals surface area (Å²) in [6, 6.07) is 71.0. The smallest absolute Gasteiger partial charge is 0.160 e. The number of furan rings is 1. The van der Waals surface area contributed by atoms with Crippen LogP contribution in [0.5, 0.6) is 0 Å². The number of para-hydroxylation sites is 2. The molecule has 0 fully saturated rings. The highest BCUT2D eigenvalue weighted by Gasteiger charge is 2.53. The molecule has 0 saturated carbocycles. The minimum Gasteiger partial charge on any atom is -0.455 e. The quantitative estimate of drug-likeness (QED) is 0.179. The molecule has 0 bridgehead atoms. The van der Waals surface area contributed by atoms with Crippen molar-refractivity contribution in [1.82, 2.24) is 15.0 Å². The molecule has 1 spiro atoms. The molecule has 0 saturated heterocycles. The fraction of sp³-hybridized carbons (Fsp3) is 0.0179. The molecule has 4 heteroatoms. The van der Waals surface area contributed by atoms with E-state index in [4.69, 9.17) is 19.4 Å². The molecule has 8 aromatic carbocycles. The Bertz CT molecular complexity index is 3500. The van der Waals surface area contributed by atoms with Crippen LogP contribution in [0.4, 0.5) is 0 Å². The Morgan fingerprint density at radius 2 is 0.900 bits per heavy atom. The number of fused-ring (bicyclic) bond motifs is 15. The van der Waals surface area contributed by atoms with Crippen LogP contribution in [0.15, 0.2) is 205 Å². The summed E-state index contributed by atoms with van der Waals surface area (Å²) >= 11 is 0. The maximum Gasteiger partial charge on any atom is 0.160 e. The van der Waals surface area contributed by atoms with Crippen LogP contribution in [0.2, 0.25) is 0 Å². The number of hydrogen-bond donors (Lipinski definition) is 0. The van der Waals surface area contributed by atoms with Crippen LogP contribution in [0, 0.1) is 0 Å². The van der Waals surface area contributed by atoms with Gasteiger partial charge in [-0.2, -0.15) is 0 Å². The predicted octanol–water partition coefficient (Wildman–Crippen LogP) is 13.9. The van der Waals surface area contributed by atoms with Crippen molar-refractivity contribution in [2.24, 2.45) is 0 Å². The van der Waals surface area contributed by atoms with E-state index in [-0.39, 0.29) is 0 Å². The molecule has 0 amide bonds. The Morgan fingerprint density at radius 1 is 0.350 bits per heavy atom. The summed E-state index contributed by atoms with van der Waals surface area (Å²) in [5, 5.41) is 4.51. The SMILES string of the molecule is c1ccc(-c2nc(-c3ccc(-c4nc5c(c6ccccc46)C4(c6ccccc6-c6ccccc64)c4ccccc4-5)cc3)cc(-c3cccc4c3oc3ccccc34)n2)cc1. The summed E-state index contributed by atoms with van der Waals surface area (Å²) in [7, 11) is 0. The molecule has 4 nitrogen and oxygen atoms in total. The van der Waals surface area contributed by atoms with E-state index < -0.39 is 5.41 Å². The zero-order chi connectivity index (χ0) is 39.4. The summed E-state index contributed by atoms with van der Waals surface area (Å²) < 4.78 is 6.48. The van der Waals surface area contributed by atoms with E-state index in [9.17, 15) is 0 Å². The molecule has 2 aliphatic rings. The number of pyridine rings is 1. The largest absolute Gasteiger partial charge is 0.455 e. The Labute approximate surface area is 346 Å². The van der Waals surface area contributed by atoms with Crippen molar-refractivity contribution < 1.29 is 4.42 Å². The van der Waals surface area contributed by atoms with Crippen molar-refractivity contribution in [3.8, 4) is 67.5 Å². The van der Waals surface area contributed by atoms with Gasteiger partial charge in [-0.05, 0) is 51.4 Å². The second-order valence-corrected chi connectivity index (χ2v) is 15.8. The fourth-order valence-corrected chi connectivity index (χ4v) is 10.2. The lowest BCUT2D eigenvalue weighted by molar-refractivity contribution is 0.670. The third-order valence-corrected chi connectivity index (χ3v) is 12.7. The van der Waals surface area contributed by atoms with E-state index in [1.54, 1.807) is 0 Å². The maximum absolute atomic E-state index is 6.48. The monoisotopic (exact) mass is 763 g/mol. The summed E-state index contributed by atoms with van der Waals surface area (Å²) in [5.41, 5.74) is 17.7. The van der Waals surface area contributed by atoms with E-state index >= 15 is 0 Å². The topological polar surface area (TPSA) is 51.8 Å². The third kappa shape index (κ3) is 4.53. The average molecular weight is 764 g/mol. The van der Waals surface area contributed by atoms with Gasteiger partial charge in [-0.25, -0.2) is 15.0 Å². The Kier molecular flexibility index (Phi) is 6.90. The van der Waals surface area contributed by atoms with Crippen LogP contribution < -0.4 is 0 Å². The highest BCUT2D eigenvalue weighted by atomic mass is 16.3. The molecule has 13 rings (SSSR count). The van der Waals surface area contributed by atoms with Gasteiger partial charge in [0.05, 0.1) is 28.2 Å². The molecule has 2 aliphatic carbocycles. The van der Waals surface area contributed by atoms with Gasteiger partial charge in [0.15, 0.2) is 5.82 Å². The first kappa shape index (κ1) is 33.1. The molecule has 0 unspecified atom stereocenters. The van der Waals surface area contributed by atoms with E-state index in [2.05, 4.69) is 164 Å². The number of rotatable bonds is 4. The molecule has 278 valence electrons. The second kappa shape index (κ2) is 12.5. The van der Waals surface area contributed by atoms with Gasteiger partial charge < -0.3 is 4.42 Å². The van der Waals surface area contributed by atoms with Gasteiger partial charge in [-0.1, -0.05) is 182 Å². The van der Waals surface area contributed by atoms with Crippen LogP contribution in [0.3, 0.4) is 0 Å². The minimum atomic E-state index is -0.470. The molecule has 60 heavy (non-hydrogen) atoms.